The maximum absolute atomic E-state index is 13.4. The number of esters is 1. The number of sulfone groups is 1. The van der Waals surface area contributed by atoms with E-state index in [0.717, 1.165) is 21.8 Å². The Morgan fingerprint density at radius 3 is 2.44 bits per heavy atom. The van der Waals surface area contributed by atoms with Crippen LogP contribution >= 0.6 is 22.9 Å². The van der Waals surface area contributed by atoms with E-state index in [2.05, 4.69) is 31.5 Å². The monoisotopic (exact) mass is 668 g/mol. The molecule has 1 aromatic heterocycles. The minimum atomic E-state index is -3.49. The smallest absolute Gasteiger partial charge is 0.344 e. The van der Waals surface area contributed by atoms with Crippen molar-refractivity contribution in [2.24, 2.45) is 0 Å². The predicted molar refractivity (Wildman–Crippen MR) is 178 cm³/mol. The van der Waals surface area contributed by atoms with Crippen molar-refractivity contribution in [3.8, 4) is 5.75 Å². The second-order valence-corrected chi connectivity index (χ2v) is 15.0. The van der Waals surface area contributed by atoms with Gasteiger partial charge in [-0.15, -0.1) is 11.3 Å². The van der Waals surface area contributed by atoms with Gasteiger partial charge in [0.25, 0.3) is 5.91 Å². The summed E-state index contributed by atoms with van der Waals surface area (Å²) in [6, 6.07) is 18.6. The molecule has 238 valence electrons. The van der Waals surface area contributed by atoms with Crippen LogP contribution in [0.25, 0.3) is 0 Å². The number of hydrogen-bond acceptors (Lipinski definition) is 8. The van der Waals surface area contributed by atoms with Crippen LogP contribution in [0.15, 0.2) is 77.0 Å². The van der Waals surface area contributed by atoms with E-state index in [4.69, 9.17) is 26.1 Å². The van der Waals surface area contributed by atoms with Gasteiger partial charge in [0.05, 0.1) is 33.6 Å². The molecule has 0 atom stereocenters. The Morgan fingerprint density at radius 2 is 1.76 bits per heavy atom. The zero-order valence-electron chi connectivity index (χ0n) is 25.8. The summed E-state index contributed by atoms with van der Waals surface area (Å²) in [5.74, 6) is -0.645. The van der Waals surface area contributed by atoms with E-state index in [-0.39, 0.29) is 35.2 Å². The minimum absolute atomic E-state index is 0.0387. The van der Waals surface area contributed by atoms with E-state index >= 15 is 0 Å². The molecule has 0 saturated heterocycles. The number of benzene rings is 3. The lowest BCUT2D eigenvalue weighted by Gasteiger charge is -2.15. The molecule has 0 radical (unpaired) electrons. The van der Waals surface area contributed by atoms with Crippen LogP contribution in [0.1, 0.15) is 66.3 Å². The van der Waals surface area contributed by atoms with Gasteiger partial charge >= 0.3 is 5.97 Å². The zero-order valence-corrected chi connectivity index (χ0v) is 28.2. The van der Waals surface area contributed by atoms with Crippen molar-refractivity contribution in [3.05, 3.63) is 105 Å². The van der Waals surface area contributed by atoms with Gasteiger partial charge in [-0.3, -0.25) is 4.79 Å². The van der Waals surface area contributed by atoms with Gasteiger partial charge in [0, 0.05) is 27.8 Å². The van der Waals surface area contributed by atoms with Crippen molar-refractivity contribution in [2.45, 2.75) is 57.3 Å². The van der Waals surface area contributed by atoms with E-state index in [0.29, 0.717) is 41.3 Å². The van der Waals surface area contributed by atoms with Crippen LogP contribution in [0, 0.1) is 0 Å². The largest absolute Gasteiger partial charge is 0.480 e. The summed E-state index contributed by atoms with van der Waals surface area (Å²) in [4.78, 5) is 30.4. The molecule has 8 nitrogen and oxygen atoms in total. The van der Waals surface area contributed by atoms with Gasteiger partial charge in [0.1, 0.15) is 5.75 Å². The Hall–Kier alpha value is -3.73. The second kappa shape index (κ2) is 15.0. The molecule has 0 fully saturated rings. The van der Waals surface area contributed by atoms with E-state index in [1.807, 2.05) is 18.2 Å². The lowest BCUT2D eigenvalue weighted by Crippen LogP contribution is -2.17. The van der Waals surface area contributed by atoms with Crippen LogP contribution in [0.3, 0.4) is 0 Å². The van der Waals surface area contributed by atoms with Crippen LogP contribution < -0.4 is 10.1 Å². The highest BCUT2D eigenvalue weighted by Crippen LogP contribution is 2.29. The molecule has 1 N–H and O–H groups in total. The van der Waals surface area contributed by atoms with E-state index in [9.17, 15) is 18.0 Å². The number of carbonyl (C=O) groups is 2. The molecule has 0 spiro atoms. The van der Waals surface area contributed by atoms with E-state index in [1.54, 1.807) is 54.7 Å². The number of aryl methyl sites for hydroxylation is 1. The molecule has 0 saturated carbocycles. The standard InChI is InChI=1S/C34H37ClN2O6S2/c1-5-42-32(38)21-43-29-16-11-23(9-7-17-45(40,41)27-14-12-26(35)13-15-27)19-28(29)36-33(39)25-10-6-8-24(18-25)20-31-37-30(22-44-31)34(2,3)4/h6,8,10-16,18-19,22H,5,7,9,17,20-21H2,1-4H3,(H,36,39). The molecule has 0 aliphatic rings. The number of halogens is 1. The first kappa shape index (κ1) is 34.1. The number of rotatable bonds is 13. The number of nitrogens with zero attached hydrogens (tertiary/aromatic N) is 1. The molecule has 4 aromatic rings. The van der Waals surface area contributed by atoms with Gasteiger partial charge in [0.2, 0.25) is 0 Å². The first-order valence-electron chi connectivity index (χ1n) is 14.6. The van der Waals surface area contributed by atoms with Gasteiger partial charge in [-0.05, 0) is 79.4 Å². The number of amides is 1. The third kappa shape index (κ3) is 9.88. The molecule has 4 rings (SSSR count). The van der Waals surface area contributed by atoms with E-state index in [1.165, 1.54) is 12.1 Å². The van der Waals surface area contributed by atoms with Crippen molar-refractivity contribution in [3.63, 3.8) is 0 Å². The van der Waals surface area contributed by atoms with Gasteiger partial charge < -0.3 is 14.8 Å². The minimum Gasteiger partial charge on any atom is -0.480 e. The van der Waals surface area contributed by atoms with Gasteiger partial charge in [-0.25, -0.2) is 18.2 Å². The average molecular weight is 669 g/mol. The maximum Gasteiger partial charge on any atom is 0.344 e. The molecular weight excluding hydrogens is 632 g/mol. The van der Waals surface area contributed by atoms with Crippen LogP contribution in [0.4, 0.5) is 5.69 Å². The Kier molecular flexibility index (Phi) is 11.4. The molecule has 0 aliphatic heterocycles. The molecule has 1 amide bonds. The SMILES string of the molecule is CCOC(=O)COc1ccc(CCCS(=O)(=O)c2ccc(Cl)cc2)cc1NC(=O)c1cccc(Cc2nc(C(C)(C)C)cs2)c1. The van der Waals surface area contributed by atoms with Gasteiger partial charge in [-0.2, -0.15) is 0 Å². The fraction of sp³-hybridized carbons (Fsp3) is 0.324. The molecule has 0 bridgehead atoms. The Balaban J connectivity index is 1.49. The summed E-state index contributed by atoms with van der Waals surface area (Å²) in [5, 5.41) is 6.43. The second-order valence-electron chi connectivity index (χ2n) is 11.5. The molecule has 0 unspecified atom stereocenters. The third-order valence-electron chi connectivity index (χ3n) is 6.86. The lowest BCUT2D eigenvalue weighted by atomic mass is 9.93. The van der Waals surface area contributed by atoms with Crippen molar-refractivity contribution >= 4 is 50.3 Å². The fourth-order valence-electron chi connectivity index (χ4n) is 4.45. The van der Waals surface area contributed by atoms with Crippen LogP contribution in [0.5, 0.6) is 5.75 Å². The summed E-state index contributed by atoms with van der Waals surface area (Å²) in [5.41, 5.74) is 3.56. The van der Waals surface area contributed by atoms with Crippen molar-refractivity contribution in [1.82, 2.24) is 4.98 Å². The number of anilines is 1. The molecule has 45 heavy (non-hydrogen) atoms. The van der Waals surface area contributed by atoms with Crippen molar-refractivity contribution < 1.29 is 27.5 Å². The highest BCUT2D eigenvalue weighted by atomic mass is 35.5. The van der Waals surface area contributed by atoms with Gasteiger partial charge in [0.15, 0.2) is 16.4 Å². The van der Waals surface area contributed by atoms with Gasteiger partial charge in [-0.1, -0.05) is 50.6 Å². The molecule has 0 aliphatic carbocycles. The summed E-state index contributed by atoms with van der Waals surface area (Å²) >= 11 is 7.50. The quantitative estimate of drug-likeness (QED) is 0.149. The molecule has 11 heteroatoms. The lowest BCUT2D eigenvalue weighted by molar-refractivity contribution is -0.145. The van der Waals surface area contributed by atoms with Crippen molar-refractivity contribution in [2.75, 3.05) is 24.3 Å². The summed E-state index contributed by atoms with van der Waals surface area (Å²) in [6.07, 6.45) is 1.40. The third-order valence-corrected chi connectivity index (χ3v) is 9.78. The normalized spacial score (nSPS) is 11.7. The first-order chi connectivity index (χ1) is 21.3. The van der Waals surface area contributed by atoms with Crippen LogP contribution in [-0.4, -0.2) is 44.2 Å². The Morgan fingerprint density at radius 1 is 1.00 bits per heavy atom. The number of ether oxygens (including phenoxy) is 2. The summed E-state index contributed by atoms with van der Waals surface area (Å²) < 4.78 is 36.2. The maximum atomic E-state index is 13.4. The number of aromatic nitrogens is 1. The zero-order chi connectivity index (χ0) is 32.6. The molecule has 3 aromatic carbocycles. The number of thiazole rings is 1. The van der Waals surface area contributed by atoms with Crippen LogP contribution in [-0.2, 0) is 37.6 Å². The highest BCUT2D eigenvalue weighted by molar-refractivity contribution is 7.91. The number of hydrogen-bond donors (Lipinski definition) is 1. The van der Waals surface area contributed by atoms with Crippen LogP contribution in [0.2, 0.25) is 5.02 Å². The Labute approximate surface area is 273 Å². The summed E-state index contributed by atoms with van der Waals surface area (Å²) in [7, 11) is -3.49. The topological polar surface area (TPSA) is 112 Å². The first-order valence-corrected chi connectivity index (χ1v) is 17.5. The molecular formula is C34H37ClN2O6S2. The van der Waals surface area contributed by atoms with E-state index < -0.39 is 15.8 Å². The number of carbonyl (C=O) groups excluding carboxylic acids is 2. The number of nitrogens with one attached hydrogen (secondary N) is 1. The predicted octanol–water partition coefficient (Wildman–Crippen LogP) is 7.29. The average Bonchev–Trinajstić information content (AvgIpc) is 3.46. The Bertz CT molecular complexity index is 1740. The van der Waals surface area contributed by atoms with Crippen molar-refractivity contribution in [1.29, 1.82) is 0 Å². The fourth-order valence-corrected chi connectivity index (χ4v) is 6.94. The summed E-state index contributed by atoms with van der Waals surface area (Å²) in [6.45, 7) is 7.98. The molecule has 1 heterocycles. The highest BCUT2D eigenvalue weighted by Gasteiger charge is 2.19.